The molecule has 0 saturated carbocycles. The number of carbonyl (C=O) groups is 1. The molecule has 1 aliphatic rings. The molecule has 1 aliphatic heterocycles. The zero-order valence-corrected chi connectivity index (χ0v) is 12.0. The number of rotatable bonds is 2. The number of aromatic nitrogens is 2. The molecule has 2 heterocycles. The highest BCUT2D eigenvalue weighted by Gasteiger charge is 2.37. The van der Waals surface area contributed by atoms with Crippen LogP contribution in [0.4, 0.5) is 18.3 Å². The lowest BCUT2D eigenvalue weighted by Crippen LogP contribution is -2.27. The van der Waals surface area contributed by atoms with E-state index in [2.05, 4.69) is 10.2 Å². The first-order valence-corrected chi connectivity index (χ1v) is 7.76. The van der Waals surface area contributed by atoms with Gasteiger partial charge >= 0.3 is 6.18 Å². The number of thioether (sulfide) groups is 1. The van der Waals surface area contributed by atoms with Gasteiger partial charge in [0.05, 0.1) is 11.3 Å². The number of amides is 1. The SMILES string of the molecule is O=C1CS[C@@H](c2cccc(C(F)(F)F)c2)N1c1nncs1. The molecule has 4 nitrogen and oxygen atoms in total. The smallest absolute Gasteiger partial charge is 0.273 e. The van der Waals surface area contributed by atoms with Gasteiger partial charge in [-0.05, 0) is 17.7 Å². The van der Waals surface area contributed by atoms with Gasteiger partial charge < -0.3 is 0 Å². The Kier molecular flexibility index (Phi) is 3.62. The van der Waals surface area contributed by atoms with Crippen molar-refractivity contribution in [3.05, 3.63) is 40.9 Å². The van der Waals surface area contributed by atoms with Crippen molar-refractivity contribution < 1.29 is 18.0 Å². The molecular weight excluding hydrogens is 323 g/mol. The predicted molar refractivity (Wildman–Crippen MR) is 74.0 cm³/mol. The predicted octanol–water partition coefficient (Wildman–Crippen LogP) is 3.34. The molecule has 0 aliphatic carbocycles. The zero-order chi connectivity index (χ0) is 15.0. The monoisotopic (exact) mass is 331 g/mol. The Hall–Kier alpha value is -1.61. The van der Waals surface area contributed by atoms with Gasteiger partial charge in [-0.15, -0.1) is 22.0 Å². The van der Waals surface area contributed by atoms with Crippen LogP contribution in [0.3, 0.4) is 0 Å². The number of hydrogen-bond donors (Lipinski definition) is 0. The standard InChI is InChI=1S/C12H8F3N3OS2/c13-12(14,15)8-3-1-2-7(4-8)10-18(9(19)5-20-10)11-17-16-6-21-11/h1-4,6,10H,5H2/t10-/m0/s1. The molecule has 9 heteroatoms. The van der Waals surface area contributed by atoms with E-state index in [1.165, 1.54) is 39.6 Å². The van der Waals surface area contributed by atoms with Crippen molar-refractivity contribution in [2.45, 2.75) is 11.6 Å². The molecular formula is C12H8F3N3OS2. The van der Waals surface area contributed by atoms with Crippen LogP contribution in [0.25, 0.3) is 0 Å². The summed E-state index contributed by atoms with van der Waals surface area (Å²) in [5, 5.41) is 7.39. The maximum Gasteiger partial charge on any atom is 0.416 e. The van der Waals surface area contributed by atoms with Gasteiger partial charge in [0.15, 0.2) is 0 Å². The highest BCUT2D eigenvalue weighted by molar-refractivity contribution is 8.00. The normalized spacial score (nSPS) is 19.3. The molecule has 3 rings (SSSR count). The highest BCUT2D eigenvalue weighted by Crippen LogP contribution is 2.43. The molecule has 21 heavy (non-hydrogen) atoms. The fourth-order valence-corrected chi connectivity index (χ4v) is 3.83. The third-order valence-corrected chi connectivity index (χ3v) is 4.82. The number of benzene rings is 1. The van der Waals surface area contributed by atoms with Crippen molar-refractivity contribution in [2.24, 2.45) is 0 Å². The number of carbonyl (C=O) groups excluding carboxylic acids is 1. The summed E-state index contributed by atoms with van der Waals surface area (Å²) in [6.07, 6.45) is -4.41. The van der Waals surface area contributed by atoms with E-state index in [4.69, 9.17) is 0 Å². The molecule has 0 spiro atoms. The minimum absolute atomic E-state index is 0.181. The molecule has 0 N–H and O–H groups in total. The van der Waals surface area contributed by atoms with E-state index in [-0.39, 0.29) is 11.7 Å². The van der Waals surface area contributed by atoms with Gasteiger partial charge in [-0.1, -0.05) is 23.5 Å². The molecule has 1 aromatic heterocycles. The summed E-state index contributed by atoms with van der Waals surface area (Å²) in [5.41, 5.74) is 1.18. The van der Waals surface area contributed by atoms with E-state index in [9.17, 15) is 18.0 Å². The van der Waals surface area contributed by atoms with Gasteiger partial charge in [0.25, 0.3) is 0 Å². The Morgan fingerprint density at radius 3 is 2.81 bits per heavy atom. The Balaban J connectivity index is 1.98. The van der Waals surface area contributed by atoms with E-state index in [1.54, 1.807) is 6.07 Å². The maximum absolute atomic E-state index is 12.8. The van der Waals surface area contributed by atoms with Gasteiger partial charge in [0.2, 0.25) is 11.0 Å². The quantitative estimate of drug-likeness (QED) is 0.847. The second-order valence-corrected chi connectivity index (χ2v) is 6.15. The van der Waals surface area contributed by atoms with Crippen LogP contribution in [-0.4, -0.2) is 21.9 Å². The number of alkyl halides is 3. The molecule has 0 unspecified atom stereocenters. The van der Waals surface area contributed by atoms with Gasteiger partial charge in [0.1, 0.15) is 10.9 Å². The number of hydrogen-bond acceptors (Lipinski definition) is 5. The first-order chi connectivity index (χ1) is 9.97. The van der Waals surface area contributed by atoms with E-state index >= 15 is 0 Å². The molecule has 1 atom stereocenters. The Morgan fingerprint density at radius 1 is 1.33 bits per heavy atom. The number of nitrogens with zero attached hydrogens (tertiary/aromatic N) is 3. The van der Waals surface area contributed by atoms with Crippen LogP contribution in [0.5, 0.6) is 0 Å². The van der Waals surface area contributed by atoms with Crippen LogP contribution in [0.15, 0.2) is 29.8 Å². The topological polar surface area (TPSA) is 46.1 Å². The third kappa shape index (κ3) is 2.75. The van der Waals surface area contributed by atoms with E-state index < -0.39 is 17.1 Å². The van der Waals surface area contributed by atoms with E-state index in [0.29, 0.717) is 10.7 Å². The first kappa shape index (κ1) is 14.3. The Bertz CT molecular complexity index is 660. The fourth-order valence-electron chi connectivity index (χ4n) is 2.02. The second-order valence-electron chi connectivity index (χ2n) is 4.27. The number of anilines is 1. The van der Waals surface area contributed by atoms with Gasteiger partial charge in [-0.25, -0.2) is 0 Å². The molecule has 2 aromatic rings. The van der Waals surface area contributed by atoms with Crippen LogP contribution in [-0.2, 0) is 11.0 Å². The first-order valence-electron chi connectivity index (χ1n) is 5.84. The van der Waals surface area contributed by atoms with Crippen LogP contribution in [0.1, 0.15) is 16.5 Å². The summed E-state index contributed by atoms with van der Waals surface area (Å²) < 4.78 is 38.4. The summed E-state index contributed by atoms with van der Waals surface area (Å²) >= 11 is 2.46. The molecule has 0 radical (unpaired) electrons. The molecule has 110 valence electrons. The van der Waals surface area contributed by atoms with E-state index in [0.717, 1.165) is 12.1 Å². The minimum Gasteiger partial charge on any atom is -0.273 e. The average molecular weight is 331 g/mol. The molecule has 0 bridgehead atoms. The maximum atomic E-state index is 12.8. The van der Waals surface area contributed by atoms with Crippen LogP contribution < -0.4 is 4.90 Å². The summed E-state index contributed by atoms with van der Waals surface area (Å²) in [4.78, 5) is 13.4. The lowest BCUT2D eigenvalue weighted by atomic mass is 10.1. The molecule has 1 saturated heterocycles. The van der Waals surface area contributed by atoms with Crippen LogP contribution in [0.2, 0.25) is 0 Å². The fraction of sp³-hybridized carbons (Fsp3) is 0.250. The van der Waals surface area contributed by atoms with Crippen molar-refractivity contribution in [3.63, 3.8) is 0 Å². The largest absolute Gasteiger partial charge is 0.416 e. The molecule has 1 amide bonds. The van der Waals surface area contributed by atoms with Crippen LogP contribution in [0, 0.1) is 0 Å². The summed E-state index contributed by atoms with van der Waals surface area (Å²) in [6, 6.07) is 5.02. The summed E-state index contributed by atoms with van der Waals surface area (Å²) in [7, 11) is 0. The second kappa shape index (κ2) is 5.30. The van der Waals surface area contributed by atoms with Gasteiger partial charge in [-0.3, -0.25) is 9.69 Å². The minimum atomic E-state index is -4.41. The Labute approximate surface area is 126 Å². The van der Waals surface area contributed by atoms with E-state index in [1.807, 2.05) is 0 Å². The van der Waals surface area contributed by atoms with Crippen molar-refractivity contribution >= 4 is 34.1 Å². The van der Waals surface area contributed by atoms with Crippen molar-refractivity contribution in [3.8, 4) is 0 Å². The lowest BCUT2D eigenvalue weighted by Gasteiger charge is -2.21. The van der Waals surface area contributed by atoms with Gasteiger partial charge in [-0.2, -0.15) is 13.2 Å². The van der Waals surface area contributed by atoms with Gasteiger partial charge in [0, 0.05) is 0 Å². The molecule has 1 fully saturated rings. The average Bonchev–Trinajstić information content (AvgIpc) is 3.06. The third-order valence-electron chi connectivity index (χ3n) is 2.92. The summed E-state index contributed by atoms with van der Waals surface area (Å²) in [5.74, 6) is 0.0275. The summed E-state index contributed by atoms with van der Waals surface area (Å²) in [6.45, 7) is 0. The Morgan fingerprint density at radius 2 is 2.14 bits per heavy atom. The van der Waals surface area contributed by atoms with Crippen LogP contribution >= 0.6 is 23.1 Å². The zero-order valence-electron chi connectivity index (χ0n) is 10.4. The van der Waals surface area contributed by atoms with Crippen molar-refractivity contribution in [1.29, 1.82) is 0 Å². The van der Waals surface area contributed by atoms with Crippen molar-refractivity contribution in [1.82, 2.24) is 10.2 Å². The number of halogens is 3. The highest BCUT2D eigenvalue weighted by atomic mass is 32.2. The van der Waals surface area contributed by atoms with Crippen molar-refractivity contribution in [2.75, 3.05) is 10.7 Å². The lowest BCUT2D eigenvalue weighted by molar-refractivity contribution is -0.137. The molecule has 1 aromatic carbocycles.